The van der Waals surface area contributed by atoms with E-state index in [2.05, 4.69) is 27.1 Å². The molecule has 0 amide bonds. The molecule has 6 heteroatoms. The van der Waals surface area contributed by atoms with Crippen molar-refractivity contribution in [1.29, 1.82) is 0 Å². The maximum atomic E-state index is 14.1. The normalized spacial score (nSPS) is 28.2. The lowest BCUT2D eigenvalue weighted by atomic mass is 9.79. The topological polar surface area (TPSA) is 41.1 Å². The van der Waals surface area contributed by atoms with Crippen molar-refractivity contribution in [3.05, 3.63) is 41.7 Å². The lowest BCUT2D eigenvalue weighted by Crippen LogP contribution is -2.59. The second-order valence-corrected chi connectivity index (χ2v) is 7.14. The van der Waals surface area contributed by atoms with Crippen LogP contribution in [0.5, 0.6) is 0 Å². The van der Waals surface area contributed by atoms with Gasteiger partial charge in [0.1, 0.15) is 0 Å². The molecule has 4 heterocycles. The summed E-state index contributed by atoms with van der Waals surface area (Å²) in [6, 6.07) is 3.92. The minimum absolute atomic E-state index is 0.186. The Bertz CT molecular complexity index is 768. The van der Waals surface area contributed by atoms with Gasteiger partial charge in [0.2, 0.25) is 5.95 Å². The smallest absolute Gasteiger partial charge is 0.222 e. The Morgan fingerprint density at radius 3 is 2.40 bits per heavy atom. The van der Waals surface area contributed by atoms with E-state index < -0.39 is 11.6 Å². The van der Waals surface area contributed by atoms with Gasteiger partial charge in [0, 0.05) is 35.6 Å². The molecule has 0 spiro atoms. The predicted octanol–water partition coefficient (Wildman–Crippen LogP) is 3.62. The number of fused-ring (bicyclic) bond motifs is 3. The molecule has 1 N–H and O–H groups in total. The molecule has 3 saturated heterocycles. The second-order valence-electron chi connectivity index (χ2n) is 7.14. The molecule has 0 aliphatic carbocycles. The first-order valence-corrected chi connectivity index (χ1v) is 8.82. The number of hydrogen-bond acceptors (Lipinski definition) is 4. The number of hydrogen-bond donors (Lipinski definition) is 1. The summed E-state index contributed by atoms with van der Waals surface area (Å²) in [7, 11) is 0. The fourth-order valence-electron chi connectivity index (χ4n) is 4.10. The molecule has 2 aromatic rings. The highest BCUT2D eigenvalue weighted by atomic mass is 19.2. The van der Waals surface area contributed by atoms with Gasteiger partial charge in [-0.1, -0.05) is 12.1 Å². The van der Waals surface area contributed by atoms with E-state index in [4.69, 9.17) is 0 Å². The molecular weight excluding hydrogens is 322 g/mol. The Balaban J connectivity index is 1.54. The van der Waals surface area contributed by atoms with Crippen molar-refractivity contribution in [2.45, 2.75) is 38.8 Å². The molecule has 2 atom stereocenters. The highest BCUT2D eigenvalue weighted by Crippen LogP contribution is 2.33. The van der Waals surface area contributed by atoms with E-state index in [1.165, 1.54) is 25.9 Å². The van der Waals surface area contributed by atoms with Gasteiger partial charge >= 0.3 is 0 Å². The van der Waals surface area contributed by atoms with Gasteiger partial charge in [-0.15, -0.1) is 0 Å². The number of nitrogens with one attached hydrogen (secondary N) is 1. The monoisotopic (exact) mass is 344 g/mol. The summed E-state index contributed by atoms with van der Waals surface area (Å²) in [4.78, 5) is 11.2. The van der Waals surface area contributed by atoms with Crippen LogP contribution in [0.2, 0.25) is 0 Å². The molecule has 25 heavy (non-hydrogen) atoms. The average Bonchev–Trinajstić information content (AvgIpc) is 2.64. The number of halogens is 2. The molecule has 4 nitrogen and oxygen atoms in total. The van der Waals surface area contributed by atoms with Gasteiger partial charge in [0.25, 0.3) is 0 Å². The number of nitrogens with zero attached hydrogens (tertiary/aromatic N) is 3. The van der Waals surface area contributed by atoms with Crippen LogP contribution in [-0.4, -0.2) is 40.0 Å². The molecule has 3 fully saturated rings. The zero-order chi connectivity index (χ0) is 17.6. The van der Waals surface area contributed by atoms with Crippen LogP contribution in [0.15, 0.2) is 24.5 Å². The quantitative estimate of drug-likeness (QED) is 0.923. The van der Waals surface area contributed by atoms with Crippen molar-refractivity contribution in [2.75, 3.05) is 18.4 Å². The maximum absolute atomic E-state index is 14.1. The molecule has 1 aromatic heterocycles. The van der Waals surface area contributed by atoms with Crippen LogP contribution in [0.1, 0.15) is 25.3 Å². The molecular formula is C19H22F2N4. The summed E-state index contributed by atoms with van der Waals surface area (Å²) in [6.45, 7) is 6.12. The van der Waals surface area contributed by atoms with E-state index in [0.717, 1.165) is 0 Å². The van der Waals surface area contributed by atoms with E-state index in [0.29, 0.717) is 29.5 Å². The van der Waals surface area contributed by atoms with Crippen LogP contribution >= 0.6 is 0 Å². The van der Waals surface area contributed by atoms with Crippen LogP contribution in [0.4, 0.5) is 14.7 Å². The third-order valence-corrected chi connectivity index (χ3v) is 5.71. The van der Waals surface area contributed by atoms with Gasteiger partial charge < -0.3 is 5.32 Å². The van der Waals surface area contributed by atoms with Gasteiger partial charge in [0.15, 0.2) is 11.6 Å². The molecule has 132 valence electrons. The summed E-state index contributed by atoms with van der Waals surface area (Å²) in [5.74, 6) is -0.481. The Hall–Kier alpha value is -2.08. The Morgan fingerprint density at radius 2 is 1.76 bits per heavy atom. The number of rotatable bonds is 3. The molecule has 5 rings (SSSR count). The molecule has 0 saturated carbocycles. The first-order valence-electron chi connectivity index (χ1n) is 8.82. The Morgan fingerprint density at radius 1 is 1.08 bits per heavy atom. The molecule has 3 aliphatic rings. The van der Waals surface area contributed by atoms with Crippen LogP contribution in [0, 0.1) is 24.5 Å². The first-order chi connectivity index (χ1) is 12.0. The molecule has 1 aromatic carbocycles. The van der Waals surface area contributed by atoms with Gasteiger partial charge in [0.05, 0.1) is 0 Å². The van der Waals surface area contributed by atoms with Crippen molar-refractivity contribution < 1.29 is 8.78 Å². The van der Waals surface area contributed by atoms with Crippen LogP contribution in [0.25, 0.3) is 11.1 Å². The van der Waals surface area contributed by atoms with E-state index in [1.807, 2.05) is 0 Å². The number of benzene rings is 1. The Labute approximate surface area is 146 Å². The molecule has 2 bridgehead atoms. The molecule has 0 radical (unpaired) electrons. The van der Waals surface area contributed by atoms with Crippen LogP contribution < -0.4 is 5.32 Å². The summed E-state index contributed by atoms with van der Waals surface area (Å²) < 4.78 is 27.9. The number of aromatic nitrogens is 2. The largest absolute Gasteiger partial charge is 0.350 e. The summed E-state index contributed by atoms with van der Waals surface area (Å²) in [5, 5.41) is 3.44. The molecule has 3 aliphatic heterocycles. The number of anilines is 1. The second kappa shape index (κ2) is 6.33. The summed E-state index contributed by atoms with van der Waals surface area (Å²) >= 11 is 0. The Kier molecular flexibility index (Phi) is 4.15. The predicted molar refractivity (Wildman–Crippen MR) is 93.3 cm³/mol. The third-order valence-electron chi connectivity index (χ3n) is 5.71. The van der Waals surface area contributed by atoms with Crippen LogP contribution in [0.3, 0.4) is 0 Å². The maximum Gasteiger partial charge on any atom is 0.222 e. The lowest BCUT2D eigenvalue weighted by molar-refractivity contribution is 0.0455. The van der Waals surface area contributed by atoms with Crippen LogP contribution in [-0.2, 0) is 0 Å². The summed E-state index contributed by atoms with van der Waals surface area (Å²) in [5.41, 5.74) is 0.951. The fourth-order valence-corrected chi connectivity index (χ4v) is 4.10. The highest BCUT2D eigenvalue weighted by Gasteiger charge is 2.39. The van der Waals surface area contributed by atoms with Crippen molar-refractivity contribution in [3.63, 3.8) is 0 Å². The first kappa shape index (κ1) is 16.4. The fraction of sp³-hybridized carbons (Fsp3) is 0.474. The van der Waals surface area contributed by atoms with Crippen molar-refractivity contribution in [3.8, 4) is 11.1 Å². The van der Waals surface area contributed by atoms with Gasteiger partial charge in [-0.25, -0.2) is 18.7 Å². The highest BCUT2D eigenvalue weighted by molar-refractivity contribution is 5.63. The van der Waals surface area contributed by atoms with Crippen molar-refractivity contribution >= 4 is 5.95 Å². The average molecular weight is 344 g/mol. The van der Waals surface area contributed by atoms with Gasteiger partial charge in [-0.05, 0) is 51.3 Å². The van der Waals surface area contributed by atoms with E-state index in [-0.39, 0.29) is 11.1 Å². The van der Waals surface area contributed by atoms with Gasteiger partial charge in [-0.3, -0.25) is 4.90 Å². The number of piperidine rings is 3. The van der Waals surface area contributed by atoms with Crippen molar-refractivity contribution in [1.82, 2.24) is 14.9 Å². The van der Waals surface area contributed by atoms with Gasteiger partial charge in [-0.2, -0.15) is 0 Å². The third kappa shape index (κ3) is 2.88. The zero-order valence-corrected chi connectivity index (χ0v) is 14.5. The zero-order valence-electron chi connectivity index (χ0n) is 14.5. The number of aryl methyl sites for hydroxylation is 1. The summed E-state index contributed by atoms with van der Waals surface area (Å²) in [6.07, 6.45) is 5.50. The van der Waals surface area contributed by atoms with E-state index in [9.17, 15) is 8.78 Å². The standard InChI is InChI=1S/C19H22F2N4/c1-11-3-4-15(17(21)16(11)20)14-9-22-19(23-10-14)24-18-12(2)25-7-5-13(18)6-8-25/h3-4,9-10,12-13,18H,5-8H2,1-2H3,(H,22,23,24)/t12-,18-/m1/s1. The lowest BCUT2D eigenvalue weighted by Gasteiger charge is -2.49. The van der Waals surface area contributed by atoms with Crippen molar-refractivity contribution in [2.24, 2.45) is 5.92 Å². The SMILES string of the molecule is Cc1ccc(-c2cnc(N[C@H]3C4CCN(CC4)[C@@H]3C)nc2)c(F)c1F. The molecule has 0 unspecified atom stereocenters. The minimum atomic E-state index is -0.852. The minimum Gasteiger partial charge on any atom is -0.350 e. The van der Waals surface area contributed by atoms with E-state index in [1.54, 1.807) is 31.5 Å². The van der Waals surface area contributed by atoms with E-state index >= 15 is 0 Å².